The maximum Gasteiger partial charge on any atom is 0.267 e. The number of rotatable bonds is 5. The normalized spacial score (nSPS) is 14.5. The summed E-state index contributed by atoms with van der Waals surface area (Å²) in [6.45, 7) is 4.90. The lowest BCUT2D eigenvalue weighted by Crippen LogP contribution is -2.47. The van der Waals surface area contributed by atoms with Crippen molar-refractivity contribution < 1.29 is 14.3 Å². The number of nitrogens with zero attached hydrogens (tertiary/aromatic N) is 3. The molecule has 1 aromatic carbocycles. The first-order valence-electron chi connectivity index (χ1n) is 9.95. The van der Waals surface area contributed by atoms with Crippen LogP contribution in [-0.2, 0) is 0 Å². The SMILES string of the molecule is COc1ccc(C(=O)N2CCN(C)CC2)cc1NC(=O)c1sc(-c2cccs2)nc1C. The van der Waals surface area contributed by atoms with Gasteiger partial charge < -0.3 is 19.9 Å². The Morgan fingerprint density at radius 3 is 2.61 bits per heavy atom. The number of anilines is 1. The summed E-state index contributed by atoms with van der Waals surface area (Å²) < 4.78 is 5.41. The zero-order valence-electron chi connectivity index (χ0n) is 17.7. The van der Waals surface area contributed by atoms with Crippen LogP contribution in [0, 0.1) is 6.92 Å². The Hall–Kier alpha value is -2.75. The van der Waals surface area contributed by atoms with E-state index in [1.807, 2.05) is 36.4 Å². The highest BCUT2D eigenvalue weighted by Crippen LogP contribution is 2.33. The maximum absolute atomic E-state index is 13.0. The summed E-state index contributed by atoms with van der Waals surface area (Å²) in [6.07, 6.45) is 0. The fourth-order valence-corrected chi connectivity index (χ4v) is 5.18. The van der Waals surface area contributed by atoms with Gasteiger partial charge in [0, 0.05) is 31.7 Å². The number of nitrogens with one attached hydrogen (secondary N) is 1. The zero-order valence-corrected chi connectivity index (χ0v) is 19.3. The van der Waals surface area contributed by atoms with Crippen molar-refractivity contribution in [1.82, 2.24) is 14.8 Å². The quantitative estimate of drug-likeness (QED) is 0.632. The average molecular weight is 457 g/mol. The lowest BCUT2D eigenvalue weighted by Gasteiger charge is -2.32. The van der Waals surface area contributed by atoms with Crippen LogP contribution in [-0.4, -0.2) is 66.9 Å². The minimum absolute atomic E-state index is 0.0415. The number of thiophene rings is 1. The van der Waals surface area contributed by atoms with Gasteiger partial charge in [0.1, 0.15) is 15.6 Å². The molecule has 4 rings (SSSR count). The molecule has 0 saturated carbocycles. The van der Waals surface area contributed by atoms with Crippen molar-refractivity contribution in [3.05, 3.63) is 51.8 Å². The summed E-state index contributed by atoms with van der Waals surface area (Å²) in [5.74, 6) is 0.199. The van der Waals surface area contributed by atoms with Gasteiger partial charge in [-0.25, -0.2) is 4.98 Å². The van der Waals surface area contributed by atoms with Crippen molar-refractivity contribution in [2.45, 2.75) is 6.92 Å². The van der Waals surface area contributed by atoms with Gasteiger partial charge in [-0.15, -0.1) is 22.7 Å². The average Bonchev–Trinajstić information content (AvgIpc) is 3.43. The highest BCUT2D eigenvalue weighted by Gasteiger charge is 2.23. The molecule has 1 aliphatic heterocycles. The number of thiazole rings is 1. The van der Waals surface area contributed by atoms with Gasteiger partial charge in [0.25, 0.3) is 11.8 Å². The van der Waals surface area contributed by atoms with Gasteiger partial charge in [-0.2, -0.15) is 0 Å². The second kappa shape index (κ2) is 9.17. The fraction of sp³-hybridized carbons (Fsp3) is 0.318. The minimum Gasteiger partial charge on any atom is -0.495 e. The summed E-state index contributed by atoms with van der Waals surface area (Å²) in [5.41, 5.74) is 1.67. The van der Waals surface area contributed by atoms with E-state index in [2.05, 4.69) is 15.2 Å². The van der Waals surface area contributed by atoms with Gasteiger partial charge in [0.05, 0.1) is 23.4 Å². The van der Waals surface area contributed by atoms with Crippen LogP contribution < -0.4 is 10.1 Å². The molecule has 0 bridgehead atoms. The summed E-state index contributed by atoms with van der Waals surface area (Å²) in [6, 6.07) is 9.09. The molecule has 1 aliphatic rings. The molecule has 162 valence electrons. The predicted molar refractivity (Wildman–Crippen MR) is 125 cm³/mol. The first kappa shape index (κ1) is 21.5. The molecular weight excluding hydrogens is 432 g/mol. The highest BCUT2D eigenvalue weighted by atomic mass is 32.1. The van der Waals surface area contributed by atoms with Crippen molar-refractivity contribution in [2.24, 2.45) is 0 Å². The molecule has 0 unspecified atom stereocenters. The minimum atomic E-state index is -0.264. The second-order valence-electron chi connectivity index (χ2n) is 7.38. The van der Waals surface area contributed by atoms with E-state index in [9.17, 15) is 9.59 Å². The molecule has 2 aromatic heterocycles. The summed E-state index contributed by atoms with van der Waals surface area (Å²) >= 11 is 2.95. The Morgan fingerprint density at radius 1 is 1.16 bits per heavy atom. The number of aryl methyl sites for hydroxylation is 1. The molecule has 3 aromatic rings. The van der Waals surface area contributed by atoms with Crippen molar-refractivity contribution in [3.63, 3.8) is 0 Å². The Morgan fingerprint density at radius 2 is 1.94 bits per heavy atom. The van der Waals surface area contributed by atoms with Crippen molar-refractivity contribution in [1.29, 1.82) is 0 Å². The van der Waals surface area contributed by atoms with Gasteiger partial charge in [-0.1, -0.05) is 6.07 Å². The number of methoxy groups -OCH3 is 1. The fourth-order valence-electron chi connectivity index (χ4n) is 3.42. The van der Waals surface area contributed by atoms with Gasteiger partial charge in [0.2, 0.25) is 0 Å². The Balaban J connectivity index is 1.55. The van der Waals surface area contributed by atoms with Crippen LogP contribution in [0.15, 0.2) is 35.7 Å². The molecule has 0 spiro atoms. The van der Waals surface area contributed by atoms with Crippen LogP contribution in [0.4, 0.5) is 5.69 Å². The number of carbonyl (C=O) groups is 2. The van der Waals surface area contributed by atoms with Gasteiger partial charge in [-0.05, 0) is 43.6 Å². The molecule has 2 amide bonds. The number of ether oxygens (including phenoxy) is 1. The molecule has 1 saturated heterocycles. The third-order valence-corrected chi connectivity index (χ3v) is 7.42. The lowest BCUT2D eigenvalue weighted by atomic mass is 10.1. The Bertz CT molecular complexity index is 1090. The topological polar surface area (TPSA) is 74.8 Å². The van der Waals surface area contributed by atoms with Crippen LogP contribution >= 0.6 is 22.7 Å². The third-order valence-electron chi connectivity index (χ3n) is 5.22. The maximum atomic E-state index is 13.0. The number of carbonyl (C=O) groups excluding carboxylic acids is 2. The number of benzene rings is 1. The van der Waals surface area contributed by atoms with Crippen LogP contribution in [0.1, 0.15) is 25.7 Å². The molecule has 1 N–H and O–H groups in total. The number of hydrogen-bond donors (Lipinski definition) is 1. The first-order valence-corrected chi connectivity index (χ1v) is 11.6. The summed E-state index contributed by atoms with van der Waals surface area (Å²) in [4.78, 5) is 36.1. The highest BCUT2D eigenvalue weighted by molar-refractivity contribution is 7.22. The van der Waals surface area contributed by atoms with E-state index >= 15 is 0 Å². The van der Waals surface area contributed by atoms with Gasteiger partial charge >= 0.3 is 0 Å². The monoisotopic (exact) mass is 456 g/mol. The second-order valence-corrected chi connectivity index (χ2v) is 9.32. The molecular formula is C22H24N4O3S2. The first-order chi connectivity index (χ1) is 15.0. The molecule has 31 heavy (non-hydrogen) atoms. The van der Waals surface area contributed by atoms with Crippen LogP contribution in [0.2, 0.25) is 0 Å². The zero-order chi connectivity index (χ0) is 22.0. The number of hydrogen-bond acceptors (Lipinski definition) is 7. The summed E-state index contributed by atoms with van der Waals surface area (Å²) in [5, 5.41) is 5.72. The van der Waals surface area contributed by atoms with Crippen LogP contribution in [0.25, 0.3) is 9.88 Å². The van der Waals surface area contributed by atoms with Crippen molar-refractivity contribution >= 4 is 40.2 Å². The van der Waals surface area contributed by atoms with Crippen molar-refractivity contribution in [2.75, 3.05) is 45.7 Å². The number of amides is 2. The van der Waals surface area contributed by atoms with Crippen molar-refractivity contribution in [3.8, 4) is 15.6 Å². The molecule has 0 radical (unpaired) electrons. The van der Waals surface area contributed by atoms with E-state index in [1.165, 1.54) is 11.3 Å². The van der Waals surface area contributed by atoms with Crippen LogP contribution in [0.5, 0.6) is 5.75 Å². The van der Waals surface area contributed by atoms with Crippen LogP contribution in [0.3, 0.4) is 0 Å². The molecule has 3 heterocycles. The Kier molecular flexibility index (Phi) is 6.35. The summed E-state index contributed by atoms with van der Waals surface area (Å²) in [7, 11) is 3.59. The van der Waals surface area contributed by atoms with Gasteiger partial charge in [0.15, 0.2) is 0 Å². The lowest BCUT2D eigenvalue weighted by molar-refractivity contribution is 0.0664. The molecule has 7 nitrogen and oxygen atoms in total. The number of likely N-dealkylation sites (N-methyl/N-ethyl adjacent to an activating group) is 1. The molecule has 0 atom stereocenters. The van der Waals surface area contributed by atoms with E-state index in [0.29, 0.717) is 40.7 Å². The smallest absolute Gasteiger partial charge is 0.267 e. The number of piperazine rings is 1. The van der Waals surface area contributed by atoms with Gasteiger partial charge in [-0.3, -0.25) is 9.59 Å². The third kappa shape index (κ3) is 4.63. The standard InChI is InChI=1S/C22H24N4O3S2/c1-14-19(31-21(23-14)18-5-4-12-30-18)20(27)24-16-13-15(6-7-17(16)29-3)22(28)26-10-8-25(2)9-11-26/h4-7,12-13H,8-11H2,1-3H3,(H,24,27). The predicted octanol–water partition coefficient (Wildman–Crippen LogP) is 3.83. The molecule has 0 aliphatic carbocycles. The largest absolute Gasteiger partial charge is 0.495 e. The number of aromatic nitrogens is 1. The Labute approximate surface area is 189 Å². The molecule has 9 heteroatoms. The van der Waals surface area contributed by atoms with E-state index in [-0.39, 0.29) is 11.8 Å². The van der Waals surface area contributed by atoms with E-state index < -0.39 is 0 Å². The molecule has 1 fully saturated rings. The van der Waals surface area contributed by atoms with E-state index in [4.69, 9.17) is 4.74 Å². The van der Waals surface area contributed by atoms with E-state index in [1.54, 1.807) is 36.6 Å². The van der Waals surface area contributed by atoms with E-state index in [0.717, 1.165) is 23.0 Å².